The molecule has 1 heterocycles. The first kappa shape index (κ1) is 22.7. The van der Waals surface area contributed by atoms with Gasteiger partial charge in [-0.25, -0.2) is 10.8 Å². The Bertz CT molecular complexity index is 651. The molecular formula is C18H27ClN4O2. The van der Waals surface area contributed by atoms with Crippen LogP contribution in [-0.2, 0) is 11.4 Å². The zero-order chi connectivity index (χ0) is 19.2. The molecule has 0 saturated heterocycles. The molecular weight excluding hydrogens is 340 g/mol. The molecule has 1 aromatic carbocycles. The summed E-state index contributed by atoms with van der Waals surface area (Å²) < 4.78 is 5.79. The number of carbonyl (C=O) groups excluding carboxylic acids is 1. The molecule has 1 amide bonds. The van der Waals surface area contributed by atoms with Gasteiger partial charge in [-0.05, 0) is 32.0 Å². The maximum atomic E-state index is 8.94. The van der Waals surface area contributed by atoms with Gasteiger partial charge >= 0.3 is 0 Å². The fourth-order valence-electron chi connectivity index (χ4n) is 1.83. The fraction of sp³-hybridized carbons (Fsp3) is 0.333. The molecule has 0 aliphatic rings. The summed E-state index contributed by atoms with van der Waals surface area (Å²) in [6.45, 7) is 8.32. The number of nitrogens with zero attached hydrogens (tertiary/aromatic N) is 1. The second-order valence-corrected chi connectivity index (χ2v) is 5.07. The Hall–Kier alpha value is -2.31. The zero-order valence-corrected chi connectivity index (χ0v) is 16.1. The van der Waals surface area contributed by atoms with Gasteiger partial charge in [0.05, 0.1) is 0 Å². The fourth-order valence-corrected chi connectivity index (χ4v) is 2.06. The number of hydrogen-bond acceptors (Lipinski definition) is 5. The lowest BCUT2D eigenvalue weighted by Gasteiger charge is -2.13. The van der Waals surface area contributed by atoms with Gasteiger partial charge in [-0.2, -0.15) is 0 Å². The van der Waals surface area contributed by atoms with E-state index in [4.69, 9.17) is 21.1 Å². The summed E-state index contributed by atoms with van der Waals surface area (Å²) >= 11 is 6.21. The van der Waals surface area contributed by atoms with E-state index in [1.54, 1.807) is 5.43 Å². The number of nitrogens with one attached hydrogen (secondary N) is 2. The van der Waals surface area contributed by atoms with E-state index >= 15 is 0 Å². The number of aryl methyl sites for hydroxylation is 2. The first-order chi connectivity index (χ1) is 12.0. The summed E-state index contributed by atoms with van der Waals surface area (Å²) in [5, 5.41) is 3.81. The molecule has 0 saturated carbocycles. The minimum absolute atomic E-state index is 0.396. The van der Waals surface area contributed by atoms with Gasteiger partial charge in [0.25, 0.3) is 0 Å². The number of nitrogens with two attached hydrogens (primary N) is 1. The second kappa shape index (κ2) is 13.0. The number of ether oxygens (including phenoxy) is 1. The first-order valence-corrected chi connectivity index (χ1v) is 8.33. The van der Waals surface area contributed by atoms with Gasteiger partial charge in [0, 0.05) is 34.6 Å². The van der Waals surface area contributed by atoms with Gasteiger partial charge < -0.3 is 10.1 Å². The lowest BCUT2D eigenvalue weighted by molar-refractivity contribution is -0.109. The van der Waals surface area contributed by atoms with E-state index in [-0.39, 0.29) is 0 Å². The number of benzene rings is 1. The molecule has 7 heteroatoms. The van der Waals surface area contributed by atoms with Crippen molar-refractivity contribution in [2.75, 3.05) is 12.4 Å². The molecule has 1 aromatic heterocycles. The number of carbonyl (C=O) groups is 1. The monoisotopic (exact) mass is 366 g/mol. The second-order valence-electron chi connectivity index (χ2n) is 4.66. The largest absolute Gasteiger partial charge is 0.472 e. The Morgan fingerprint density at radius 2 is 1.88 bits per heavy atom. The van der Waals surface area contributed by atoms with Crippen LogP contribution in [0.2, 0.25) is 5.02 Å². The summed E-state index contributed by atoms with van der Waals surface area (Å²) in [5.74, 6) is 5.06. The lowest BCUT2D eigenvalue weighted by Crippen LogP contribution is -2.18. The number of pyridine rings is 1. The number of amides is 1. The molecule has 0 fully saturated rings. The van der Waals surface area contributed by atoms with Crippen LogP contribution in [0.15, 0.2) is 30.3 Å². The summed E-state index contributed by atoms with van der Waals surface area (Å²) in [4.78, 5) is 13.3. The van der Waals surface area contributed by atoms with Crippen molar-refractivity contribution in [1.29, 1.82) is 0 Å². The highest BCUT2D eigenvalue weighted by atomic mass is 35.5. The van der Waals surface area contributed by atoms with E-state index in [1.165, 1.54) is 0 Å². The molecule has 0 aliphatic heterocycles. The van der Waals surface area contributed by atoms with Crippen molar-refractivity contribution in [2.45, 2.75) is 34.3 Å². The van der Waals surface area contributed by atoms with Crippen LogP contribution in [0.4, 0.5) is 5.69 Å². The van der Waals surface area contributed by atoms with Crippen molar-refractivity contribution in [3.05, 3.63) is 52.2 Å². The highest BCUT2D eigenvalue weighted by molar-refractivity contribution is 6.31. The summed E-state index contributed by atoms with van der Waals surface area (Å²) in [6, 6.07) is 9.71. The van der Waals surface area contributed by atoms with Crippen LogP contribution < -0.4 is 21.3 Å². The molecule has 4 N–H and O–H groups in total. The minimum Gasteiger partial charge on any atom is -0.472 e. The maximum absolute atomic E-state index is 8.94. The predicted octanol–water partition coefficient (Wildman–Crippen LogP) is 3.60. The van der Waals surface area contributed by atoms with Gasteiger partial charge in [0.1, 0.15) is 6.61 Å². The topological polar surface area (TPSA) is 89.3 Å². The summed E-state index contributed by atoms with van der Waals surface area (Å²) in [7, 11) is 1.87. The van der Waals surface area contributed by atoms with Crippen LogP contribution in [0.5, 0.6) is 5.88 Å². The number of aromatic nitrogens is 1. The van der Waals surface area contributed by atoms with Crippen molar-refractivity contribution < 1.29 is 9.53 Å². The van der Waals surface area contributed by atoms with Crippen molar-refractivity contribution >= 4 is 23.7 Å². The molecule has 0 atom stereocenters. The third-order valence-corrected chi connectivity index (χ3v) is 3.35. The third kappa shape index (κ3) is 7.87. The van der Waals surface area contributed by atoms with Crippen LogP contribution in [0.3, 0.4) is 0 Å². The van der Waals surface area contributed by atoms with Crippen molar-refractivity contribution in [2.24, 2.45) is 5.84 Å². The van der Waals surface area contributed by atoms with Crippen LogP contribution in [0.25, 0.3) is 0 Å². The highest BCUT2D eigenvalue weighted by Gasteiger charge is 2.08. The molecule has 138 valence electrons. The number of halogens is 1. The molecule has 0 radical (unpaired) electrons. The summed E-state index contributed by atoms with van der Waals surface area (Å²) in [6.07, 6.45) is 0.403. The van der Waals surface area contributed by atoms with E-state index in [2.05, 4.69) is 16.1 Å². The normalized spacial score (nSPS) is 8.92. The van der Waals surface area contributed by atoms with Crippen LogP contribution in [0, 0.1) is 13.8 Å². The van der Waals surface area contributed by atoms with Gasteiger partial charge in [-0.1, -0.05) is 37.6 Å². The van der Waals surface area contributed by atoms with Crippen molar-refractivity contribution in [3.63, 3.8) is 0 Å². The Balaban J connectivity index is 0.000000845. The zero-order valence-electron chi connectivity index (χ0n) is 15.4. The average Bonchev–Trinajstić information content (AvgIpc) is 2.65. The number of hydrogen-bond donors (Lipinski definition) is 3. The van der Waals surface area contributed by atoms with Crippen molar-refractivity contribution in [1.82, 2.24) is 10.4 Å². The van der Waals surface area contributed by atoms with E-state index in [9.17, 15) is 0 Å². The molecule has 2 rings (SSSR count). The average molecular weight is 367 g/mol. The molecule has 0 unspecified atom stereocenters. The van der Waals surface area contributed by atoms with Gasteiger partial charge in [0.15, 0.2) is 0 Å². The lowest BCUT2D eigenvalue weighted by atomic mass is 10.2. The van der Waals surface area contributed by atoms with Crippen molar-refractivity contribution in [3.8, 4) is 5.88 Å². The Labute approximate surface area is 154 Å². The highest BCUT2D eigenvalue weighted by Crippen LogP contribution is 2.26. The number of anilines is 1. The first-order valence-electron chi connectivity index (χ1n) is 7.95. The van der Waals surface area contributed by atoms with E-state index in [0.717, 1.165) is 22.5 Å². The molecule has 2 aromatic rings. The third-order valence-electron chi connectivity index (χ3n) is 3.00. The molecule has 25 heavy (non-hydrogen) atoms. The Morgan fingerprint density at radius 1 is 1.24 bits per heavy atom. The minimum atomic E-state index is 0.396. The Kier molecular flexibility index (Phi) is 11.8. The quantitative estimate of drug-likeness (QED) is 0.325. The number of rotatable bonds is 5. The standard InChI is InChI=1S/C15H17ClN2O.C2H6.CH4N2O/c1-10-7-8-11(2)18-15(10)19-9-12-13(16)5-4-6-14(12)17-3;1-2;2-3-1-4/h4-8,17H,9H2,1-3H3;1-2H3;1H,2H2,(H,3,4). The van der Waals surface area contributed by atoms with Crippen LogP contribution >= 0.6 is 11.6 Å². The van der Waals surface area contributed by atoms with Gasteiger partial charge in [-0.15, -0.1) is 0 Å². The van der Waals surface area contributed by atoms with Gasteiger partial charge in [0.2, 0.25) is 12.3 Å². The SMILES string of the molecule is CC.CNc1cccc(Cl)c1COc1nc(C)ccc1C.NNC=O. The van der Waals surface area contributed by atoms with E-state index < -0.39 is 0 Å². The maximum Gasteiger partial charge on any atom is 0.221 e. The number of hydrazine groups is 1. The molecule has 0 aliphatic carbocycles. The molecule has 0 bridgehead atoms. The van der Waals surface area contributed by atoms with Crippen LogP contribution in [-0.4, -0.2) is 18.4 Å². The predicted molar refractivity (Wildman–Crippen MR) is 104 cm³/mol. The smallest absolute Gasteiger partial charge is 0.221 e. The Morgan fingerprint density at radius 3 is 2.44 bits per heavy atom. The summed E-state index contributed by atoms with van der Waals surface area (Å²) in [5.41, 5.74) is 5.62. The van der Waals surface area contributed by atoms with E-state index in [0.29, 0.717) is 23.9 Å². The molecule has 0 spiro atoms. The molecule has 6 nitrogen and oxygen atoms in total. The van der Waals surface area contributed by atoms with Gasteiger partial charge in [-0.3, -0.25) is 10.2 Å². The van der Waals surface area contributed by atoms with Crippen LogP contribution in [0.1, 0.15) is 30.7 Å². The van der Waals surface area contributed by atoms with E-state index in [1.807, 2.05) is 65.1 Å².